The lowest BCUT2D eigenvalue weighted by Crippen LogP contribution is -2.36. The average molecular weight is 496 g/mol. The summed E-state index contributed by atoms with van der Waals surface area (Å²) in [5.74, 6) is -2.34. The molecule has 3 amide bonds. The van der Waals surface area contributed by atoms with Crippen LogP contribution < -0.4 is 10.9 Å². The van der Waals surface area contributed by atoms with Crippen molar-refractivity contribution in [1.82, 2.24) is 19.8 Å². The number of aryl methyl sites for hydroxylation is 1. The normalized spacial score (nSPS) is 13.6. The van der Waals surface area contributed by atoms with Crippen LogP contribution in [0.3, 0.4) is 0 Å². The number of pyridine rings is 2. The van der Waals surface area contributed by atoms with Gasteiger partial charge >= 0.3 is 0 Å². The summed E-state index contributed by atoms with van der Waals surface area (Å²) < 4.78 is 14.6. The van der Waals surface area contributed by atoms with Gasteiger partial charge in [-0.25, -0.2) is 4.39 Å². The fourth-order valence-electron chi connectivity index (χ4n) is 4.23. The van der Waals surface area contributed by atoms with Crippen LogP contribution in [-0.4, -0.2) is 62.1 Å². The minimum Gasteiger partial charge on any atom is -0.505 e. The Kier molecular flexibility index (Phi) is 7.39. The molecule has 0 saturated carbocycles. The maximum absolute atomic E-state index is 13.3. The fraction of sp³-hybridized carbons (Fsp3) is 0.320. The lowest BCUT2D eigenvalue weighted by molar-refractivity contribution is -0.138. The van der Waals surface area contributed by atoms with E-state index in [-0.39, 0.29) is 74.2 Å². The van der Waals surface area contributed by atoms with E-state index in [9.17, 15) is 28.7 Å². The molecule has 3 aromatic rings. The lowest BCUT2D eigenvalue weighted by Gasteiger charge is -2.17. The van der Waals surface area contributed by atoms with Gasteiger partial charge in [-0.1, -0.05) is 12.1 Å². The van der Waals surface area contributed by atoms with E-state index in [0.717, 1.165) is 10.5 Å². The maximum Gasteiger partial charge on any atom is 0.267 e. The standard InChI is InChI=1S/C25H25FN4O6/c26-17-4-2-15(3-5-17)12-16-13-18-22(28-14-16)23(34)21(24(35)27-8-11-31)25(36)29(18)9-1-10-30-19(32)6-7-20(30)33/h2-5,13-14,31,34H,1,6-12H2,(H,27,35). The lowest BCUT2D eigenvalue weighted by atomic mass is 10.1. The van der Waals surface area contributed by atoms with Crippen LogP contribution in [0.4, 0.5) is 4.39 Å². The number of nitrogens with zero attached hydrogens (tertiary/aromatic N) is 3. The summed E-state index contributed by atoms with van der Waals surface area (Å²) in [6, 6.07) is 7.59. The summed E-state index contributed by atoms with van der Waals surface area (Å²) in [5, 5.41) is 22.1. The Bertz CT molecular complexity index is 1370. The molecule has 4 rings (SSSR count). The zero-order valence-corrected chi connectivity index (χ0v) is 19.4. The second-order valence-electron chi connectivity index (χ2n) is 8.47. The molecule has 1 fully saturated rings. The maximum atomic E-state index is 13.3. The molecule has 1 aliphatic rings. The number of rotatable bonds is 9. The van der Waals surface area contributed by atoms with Crippen molar-refractivity contribution in [2.75, 3.05) is 19.7 Å². The van der Waals surface area contributed by atoms with E-state index in [1.807, 2.05) is 0 Å². The van der Waals surface area contributed by atoms with Crippen molar-refractivity contribution in [2.24, 2.45) is 0 Å². The van der Waals surface area contributed by atoms with E-state index >= 15 is 0 Å². The number of aromatic hydroxyl groups is 1. The highest BCUT2D eigenvalue weighted by molar-refractivity contribution is 6.02. The summed E-state index contributed by atoms with van der Waals surface area (Å²) in [5.41, 5.74) is 0.513. The summed E-state index contributed by atoms with van der Waals surface area (Å²) in [6.45, 7) is -0.300. The van der Waals surface area contributed by atoms with Crippen LogP contribution in [-0.2, 0) is 22.6 Å². The van der Waals surface area contributed by atoms with E-state index in [1.165, 1.54) is 22.9 Å². The number of fused-ring (bicyclic) bond motifs is 1. The Morgan fingerprint density at radius 3 is 2.42 bits per heavy atom. The number of imide groups is 1. The molecule has 36 heavy (non-hydrogen) atoms. The van der Waals surface area contributed by atoms with Crippen molar-refractivity contribution in [2.45, 2.75) is 32.2 Å². The first-order valence-corrected chi connectivity index (χ1v) is 11.5. The van der Waals surface area contributed by atoms with E-state index in [1.54, 1.807) is 18.2 Å². The number of aliphatic hydroxyl groups is 1. The molecule has 0 spiro atoms. The number of likely N-dealkylation sites (tertiary alicyclic amines) is 1. The monoisotopic (exact) mass is 496 g/mol. The van der Waals surface area contributed by atoms with Gasteiger partial charge in [0.2, 0.25) is 11.8 Å². The second-order valence-corrected chi connectivity index (χ2v) is 8.47. The van der Waals surface area contributed by atoms with Gasteiger partial charge in [0.1, 0.15) is 16.9 Å². The number of hydrogen-bond acceptors (Lipinski definition) is 7. The van der Waals surface area contributed by atoms with Gasteiger partial charge in [0.15, 0.2) is 5.75 Å². The minimum atomic E-state index is -0.857. The minimum absolute atomic E-state index is 0.0277. The predicted octanol–water partition coefficient (Wildman–Crippen LogP) is 1.09. The highest BCUT2D eigenvalue weighted by Crippen LogP contribution is 2.26. The number of aliphatic hydroxyl groups excluding tert-OH is 1. The molecule has 10 nitrogen and oxygen atoms in total. The Labute approximate surface area is 205 Å². The number of amides is 3. The number of benzene rings is 1. The van der Waals surface area contributed by atoms with E-state index in [4.69, 9.17) is 5.11 Å². The molecule has 0 aliphatic carbocycles. The van der Waals surface area contributed by atoms with Gasteiger partial charge in [0, 0.05) is 38.7 Å². The fourth-order valence-corrected chi connectivity index (χ4v) is 4.23. The van der Waals surface area contributed by atoms with Crippen molar-refractivity contribution >= 4 is 28.8 Å². The van der Waals surface area contributed by atoms with Crippen LogP contribution in [0.5, 0.6) is 5.75 Å². The SMILES string of the molecule is O=C(NCCO)c1c(O)c2ncc(Cc3ccc(F)cc3)cc2n(CCCN2C(=O)CCC2=O)c1=O. The first-order chi connectivity index (χ1) is 17.3. The van der Waals surface area contributed by atoms with Crippen molar-refractivity contribution in [3.8, 4) is 5.75 Å². The Balaban J connectivity index is 1.73. The second kappa shape index (κ2) is 10.6. The zero-order chi connectivity index (χ0) is 25.8. The van der Waals surface area contributed by atoms with Crippen molar-refractivity contribution in [3.63, 3.8) is 0 Å². The number of halogens is 1. The van der Waals surface area contributed by atoms with Crippen LogP contribution in [0, 0.1) is 5.82 Å². The molecule has 3 N–H and O–H groups in total. The molecule has 1 aliphatic heterocycles. The summed E-state index contributed by atoms with van der Waals surface area (Å²) in [4.78, 5) is 55.2. The Morgan fingerprint density at radius 2 is 1.75 bits per heavy atom. The molecular weight excluding hydrogens is 471 g/mol. The van der Waals surface area contributed by atoms with Crippen LogP contribution in [0.15, 0.2) is 41.3 Å². The molecule has 0 radical (unpaired) electrons. The van der Waals surface area contributed by atoms with E-state index < -0.39 is 22.8 Å². The van der Waals surface area contributed by atoms with Crippen molar-refractivity contribution in [1.29, 1.82) is 0 Å². The summed E-state index contributed by atoms with van der Waals surface area (Å²) in [6.07, 6.45) is 2.45. The Hall–Kier alpha value is -4.12. The summed E-state index contributed by atoms with van der Waals surface area (Å²) >= 11 is 0. The van der Waals surface area contributed by atoms with Crippen LogP contribution >= 0.6 is 0 Å². The van der Waals surface area contributed by atoms with E-state index in [2.05, 4.69) is 10.3 Å². The van der Waals surface area contributed by atoms with Gasteiger partial charge in [-0.3, -0.25) is 29.1 Å². The molecule has 1 aromatic carbocycles. The number of carbonyl (C=O) groups excluding carboxylic acids is 3. The smallest absolute Gasteiger partial charge is 0.267 e. The number of nitrogens with one attached hydrogen (secondary N) is 1. The third-order valence-electron chi connectivity index (χ3n) is 6.00. The summed E-state index contributed by atoms with van der Waals surface area (Å²) in [7, 11) is 0. The predicted molar refractivity (Wildman–Crippen MR) is 127 cm³/mol. The van der Waals surface area contributed by atoms with Gasteiger partial charge < -0.3 is 20.1 Å². The molecule has 3 heterocycles. The first kappa shape index (κ1) is 25.0. The van der Waals surface area contributed by atoms with Gasteiger partial charge in [-0.2, -0.15) is 0 Å². The Morgan fingerprint density at radius 1 is 1.06 bits per heavy atom. The van der Waals surface area contributed by atoms with Gasteiger partial charge in [0.05, 0.1) is 12.1 Å². The van der Waals surface area contributed by atoms with E-state index in [0.29, 0.717) is 12.0 Å². The molecule has 0 bridgehead atoms. The highest BCUT2D eigenvalue weighted by atomic mass is 19.1. The quantitative estimate of drug-likeness (QED) is 0.377. The van der Waals surface area contributed by atoms with Crippen molar-refractivity contribution < 1.29 is 29.0 Å². The van der Waals surface area contributed by atoms with Crippen molar-refractivity contribution in [3.05, 3.63) is 69.4 Å². The third-order valence-corrected chi connectivity index (χ3v) is 6.00. The average Bonchev–Trinajstić information content (AvgIpc) is 3.18. The van der Waals surface area contributed by atoms with Gasteiger partial charge in [-0.05, 0) is 42.2 Å². The molecule has 188 valence electrons. The molecule has 11 heteroatoms. The molecule has 0 unspecified atom stereocenters. The number of carbonyl (C=O) groups is 3. The molecule has 0 atom stereocenters. The van der Waals surface area contributed by atoms with Crippen LogP contribution in [0.2, 0.25) is 0 Å². The molecule has 2 aromatic heterocycles. The highest BCUT2D eigenvalue weighted by Gasteiger charge is 2.28. The van der Waals surface area contributed by atoms with Gasteiger partial charge in [0.25, 0.3) is 11.5 Å². The molecule has 1 saturated heterocycles. The first-order valence-electron chi connectivity index (χ1n) is 11.5. The number of aromatic nitrogens is 2. The largest absolute Gasteiger partial charge is 0.505 e. The topological polar surface area (TPSA) is 142 Å². The number of hydrogen-bond donors (Lipinski definition) is 3. The van der Waals surface area contributed by atoms with Gasteiger partial charge in [-0.15, -0.1) is 0 Å². The van der Waals surface area contributed by atoms with Crippen LogP contribution in [0.1, 0.15) is 40.7 Å². The zero-order valence-electron chi connectivity index (χ0n) is 19.4. The van der Waals surface area contributed by atoms with Crippen LogP contribution in [0.25, 0.3) is 11.0 Å². The molecular formula is C25H25FN4O6. The third kappa shape index (κ3) is 5.10.